The number of nitrogens with one attached hydrogen (secondary N) is 1. The maximum Gasteiger partial charge on any atom is 0.224 e. The number of benzene rings is 1. The van der Waals surface area contributed by atoms with Crippen molar-refractivity contribution in [1.82, 2.24) is 19.6 Å². The molecule has 0 saturated carbocycles. The molecule has 3 heterocycles. The van der Waals surface area contributed by atoms with Crippen LogP contribution in [0.5, 0.6) is 0 Å². The lowest BCUT2D eigenvalue weighted by Crippen LogP contribution is -2.52. The van der Waals surface area contributed by atoms with Gasteiger partial charge in [0, 0.05) is 69.7 Å². The molecule has 1 fully saturated rings. The van der Waals surface area contributed by atoms with Gasteiger partial charge in [0.25, 0.3) is 0 Å². The van der Waals surface area contributed by atoms with Crippen molar-refractivity contribution in [1.29, 1.82) is 0 Å². The lowest BCUT2D eigenvalue weighted by molar-refractivity contribution is -0.132. The summed E-state index contributed by atoms with van der Waals surface area (Å²) in [5.41, 5.74) is 4.62. The van der Waals surface area contributed by atoms with E-state index < -0.39 is 0 Å². The van der Waals surface area contributed by atoms with E-state index in [-0.39, 0.29) is 11.4 Å². The van der Waals surface area contributed by atoms with Gasteiger partial charge in [0.15, 0.2) is 0 Å². The molecular formula is C21H29N5O. The Labute approximate surface area is 161 Å². The van der Waals surface area contributed by atoms with Crippen molar-refractivity contribution in [3.8, 4) is 0 Å². The van der Waals surface area contributed by atoms with E-state index in [1.807, 2.05) is 29.7 Å². The van der Waals surface area contributed by atoms with E-state index >= 15 is 0 Å². The van der Waals surface area contributed by atoms with Crippen LogP contribution >= 0.6 is 0 Å². The minimum atomic E-state index is -0.150. The number of para-hydroxylation sites is 1. The van der Waals surface area contributed by atoms with E-state index in [0.717, 1.165) is 38.2 Å². The van der Waals surface area contributed by atoms with Crippen LogP contribution in [0.3, 0.4) is 0 Å². The van der Waals surface area contributed by atoms with Gasteiger partial charge in [-0.2, -0.15) is 5.10 Å². The lowest BCUT2D eigenvalue weighted by Gasteiger charge is -2.45. The molecule has 1 aromatic heterocycles. The molecule has 1 saturated heterocycles. The number of aryl methyl sites for hydroxylation is 2. The second kappa shape index (κ2) is 7.00. The molecule has 6 heteroatoms. The van der Waals surface area contributed by atoms with Crippen molar-refractivity contribution in [2.75, 3.05) is 25.5 Å². The van der Waals surface area contributed by atoms with Gasteiger partial charge >= 0.3 is 0 Å². The highest BCUT2D eigenvalue weighted by atomic mass is 16.2. The Morgan fingerprint density at radius 3 is 2.63 bits per heavy atom. The fourth-order valence-corrected chi connectivity index (χ4v) is 4.36. The molecule has 4 rings (SSSR count). The number of nitrogens with zero attached hydrogens (tertiary/aromatic N) is 4. The molecule has 6 nitrogen and oxygen atoms in total. The van der Waals surface area contributed by atoms with Crippen LogP contribution in [0.1, 0.15) is 36.1 Å². The highest BCUT2D eigenvalue weighted by molar-refractivity contribution is 5.79. The zero-order valence-corrected chi connectivity index (χ0v) is 16.5. The largest absolute Gasteiger partial charge is 0.379 e. The summed E-state index contributed by atoms with van der Waals surface area (Å²) in [6.45, 7) is 5.65. The first-order valence-electron chi connectivity index (χ1n) is 9.76. The van der Waals surface area contributed by atoms with Crippen LogP contribution in [0, 0.1) is 6.92 Å². The number of carbonyl (C=O) groups excluding carboxylic acids is 1. The smallest absolute Gasteiger partial charge is 0.224 e. The molecule has 1 spiro atoms. The van der Waals surface area contributed by atoms with E-state index in [2.05, 4.69) is 46.6 Å². The minimum Gasteiger partial charge on any atom is -0.379 e. The molecule has 144 valence electrons. The number of hydrogen-bond acceptors (Lipinski definition) is 4. The van der Waals surface area contributed by atoms with Crippen LogP contribution in [-0.4, -0.2) is 51.2 Å². The third kappa shape index (κ3) is 3.72. The van der Waals surface area contributed by atoms with E-state index in [1.165, 1.54) is 16.8 Å². The van der Waals surface area contributed by atoms with Crippen LogP contribution in [0.4, 0.5) is 5.69 Å². The van der Waals surface area contributed by atoms with Crippen molar-refractivity contribution in [3.05, 3.63) is 47.3 Å². The molecule has 0 radical (unpaired) electrons. The van der Waals surface area contributed by atoms with E-state index in [4.69, 9.17) is 0 Å². The zero-order chi connectivity index (χ0) is 19.0. The Kier molecular flexibility index (Phi) is 4.68. The molecule has 27 heavy (non-hydrogen) atoms. The third-order valence-corrected chi connectivity index (χ3v) is 6.06. The maximum absolute atomic E-state index is 12.7. The number of amides is 1. The van der Waals surface area contributed by atoms with E-state index in [9.17, 15) is 4.79 Å². The summed E-state index contributed by atoms with van der Waals surface area (Å²) < 4.78 is 1.89. The Bertz CT molecular complexity index is 835. The van der Waals surface area contributed by atoms with Gasteiger partial charge < -0.3 is 10.2 Å². The molecule has 0 atom stereocenters. The summed E-state index contributed by atoms with van der Waals surface area (Å²) >= 11 is 0. The average molecular weight is 367 g/mol. The molecule has 2 aliphatic rings. The number of anilines is 1. The summed E-state index contributed by atoms with van der Waals surface area (Å²) in [5.74, 6) is 0.230. The fraction of sp³-hybridized carbons (Fsp3) is 0.524. The molecule has 0 bridgehead atoms. The van der Waals surface area contributed by atoms with E-state index in [1.54, 1.807) is 0 Å². The Hall–Kier alpha value is -2.34. The van der Waals surface area contributed by atoms with Crippen LogP contribution in [-0.2, 0) is 24.9 Å². The van der Waals surface area contributed by atoms with Crippen molar-refractivity contribution in [2.45, 2.75) is 44.8 Å². The summed E-state index contributed by atoms with van der Waals surface area (Å²) in [6, 6.07) is 8.38. The number of rotatable bonds is 2. The van der Waals surface area contributed by atoms with Crippen LogP contribution in [0.2, 0.25) is 0 Å². The molecule has 0 aliphatic carbocycles. The number of hydrogen-bond donors (Lipinski definition) is 1. The molecule has 1 N–H and O–H groups in total. The monoisotopic (exact) mass is 367 g/mol. The van der Waals surface area contributed by atoms with Crippen LogP contribution in [0.15, 0.2) is 30.5 Å². The van der Waals surface area contributed by atoms with Crippen molar-refractivity contribution < 1.29 is 4.79 Å². The number of aromatic nitrogens is 2. The molecule has 0 unspecified atom stereocenters. The second-order valence-electron chi connectivity index (χ2n) is 8.18. The maximum atomic E-state index is 12.7. The zero-order valence-electron chi connectivity index (χ0n) is 16.5. The number of carbonyl (C=O) groups is 1. The highest BCUT2D eigenvalue weighted by Crippen LogP contribution is 2.34. The Balaban J connectivity index is 1.50. The van der Waals surface area contributed by atoms with Crippen molar-refractivity contribution >= 4 is 11.6 Å². The molecular weight excluding hydrogens is 338 g/mol. The third-order valence-electron chi connectivity index (χ3n) is 6.06. The van der Waals surface area contributed by atoms with Gasteiger partial charge in [0.1, 0.15) is 0 Å². The van der Waals surface area contributed by atoms with E-state index in [0.29, 0.717) is 13.0 Å². The Morgan fingerprint density at radius 2 is 1.93 bits per heavy atom. The van der Waals surface area contributed by atoms with Gasteiger partial charge in [-0.15, -0.1) is 0 Å². The number of fused-ring (bicyclic) bond motifs is 1. The van der Waals surface area contributed by atoms with Gasteiger partial charge in [-0.1, -0.05) is 18.2 Å². The van der Waals surface area contributed by atoms with Crippen LogP contribution < -0.4 is 5.32 Å². The summed E-state index contributed by atoms with van der Waals surface area (Å²) in [6.07, 6.45) is 4.63. The second-order valence-corrected chi connectivity index (χ2v) is 8.18. The van der Waals surface area contributed by atoms with Gasteiger partial charge in [-0.05, 0) is 31.4 Å². The molecule has 1 aromatic carbocycles. The van der Waals surface area contributed by atoms with Gasteiger partial charge in [-0.25, -0.2) is 0 Å². The first-order valence-corrected chi connectivity index (χ1v) is 9.76. The first kappa shape index (κ1) is 18.0. The SMILES string of the molecule is Cc1nn(C)cc1CN1CCC2(CC1)CC(=O)N(C)Cc1ccccc1N2. The quantitative estimate of drug-likeness (QED) is 0.886. The predicted molar refractivity (Wildman–Crippen MR) is 106 cm³/mol. The normalized spacial score (nSPS) is 20.1. The average Bonchev–Trinajstić information content (AvgIpc) is 2.95. The summed E-state index contributed by atoms with van der Waals surface area (Å²) in [7, 11) is 3.89. The van der Waals surface area contributed by atoms with Gasteiger partial charge in [0.05, 0.1) is 5.69 Å². The topological polar surface area (TPSA) is 53.4 Å². The first-order chi connectivity index (χ1) is 12.9. The summed E-state index contributed by atoms with van der Waals surface area (Å²) in [4.78, 5) is 17.1. The van der Waals surface area contributed by atoms with Crippen molar-refractivity contribution in [2.24, 2.45) is 7.05 Å². The number of likely N-dealkylation sites (tertiary alicyclic amines) is 1. The lowest BCUT2D eigenvalue weighted by atomic mass is 9.82. The minimum absolute atomic E-state index is 0.150. The van der Waals surface area contributed by atoms with Gasteiger partial charge in [-0.3, -0.25) is 14.4 Å². The Morgan fingerprint density at radius 1 is 1.19 bits per heavy atom. The standard InChI is InChI=1S/C21H29N5O/c1-16-18(14-25(3)23-16)15-26-10-8-21(9-11-26)12-20(27)24(2)13-17-6-4-5-7-19(17)22-21/h4-7,14,22H,8-13,15H2,1-3H3. The molecule has 2 aliphatic heterocycles. The molecule has 1 amide bonds. The summed E-state index contributed by atoms with van der Waals surface area (Å²) in [5, 5.41) is 8.23. The molecule has 2 aromatic rings. The van der Waals surface area contributed by atoms with Crippen LogP contribution in [0.25, 0.3) is 0 Å². The number of piperidine rings is 1. The van der Waals surface area contributed by atoms with Gasteiger partial charge in [0.2, 0.25) is 5.91 Å². The predicted octanol–water partition coefficient (Wildman–Crippen LogP) is 2.54. The van der Waals surface area contributed by atoms with Crippen molar-refractivity contribution in [3.63, 3.8) is 0 Å². The fourth-order valence-electron chi connectivity index (χ4n) is 4.36. The highest BCUT2D eigenvalue weighted by Gasteiger charge is 2.39.